The minimum atomic E-state index is -1.45. The maximum absolute atomic E-state index is 9.38. The molecule has 23 heavy (non-hydrogen) atoms. The van der Waals surface area contributed by atoms with Crippen LogP contribution in [0.15, 0.2) is 59.0 Å². The number of para-hydroxylation sites is 1. The zero-order chi connectivity index (χ0) is 15.6. The fraction of sp³-hybridized carbons (Fsp3) is 0. The van der Waals surface area contributed by atoms with Crippen molar-refractivity contribution in [3.63, 3.8) is 0 Å². The summed E-state index contributed by atoms with van der Waals surface area (Å²) in [4.78, 5) is 0. The Kier molecular flexibility index (Phi) is 2.62. The Bertz CT molecular complexity index is 1200. The van der Waals surface area contributed by atoms with E-state index in [1.54, 1.807) is 17.4 Å². The van der Waals surface area contributed by atoms with Gasteiger partial charge in [-0.05, 0) is 29.7 Å². The summed E-state index contributed by atoms with van der Waals surface area (Å²) in [6.07, 6.45) is 0. The molecule has 110 valence electrons. The van der Waals surface area contributed by atoms with Crippen molar-refractivity contribution in [3.05, 3.63) is 54.6 Å². The first kappa shape index (κ1) is 13.1. The fourth-order valence-corrected chi connectivity index (χ4v) is 4.42. The van der Waals surface area contributed by atoms with Crippen molar-refractivity contribution in [1.29, 1.82) is 0 Å². The predicted octanol–water partition coefficient (Wildman–Crippen LogP) is 3.63. The van der Waals surface area contributed by atoms with Crippen LogP contribution >= 0.6 is 11.3 Å². The maximum Gasteiger partial charge on any atom is 0.488 e. The number of hydrogen-bond acceptors (Lipinski definition) is 4. The number of hydrogen-bond donors (Lipinski definition) is 2. The second kappa shape index (κ2) is 4.58. The molecule has 3 aromatic carbocycles. The van der Waals surface area contributed by atoms with Crippen molar-refractivity contribution in [3.8, 4) is 0 Å². The van der Waals surface area contributed by atoms with Crippen LogP contribution < -0.4 is 5.46 Å². The van der Waals surface area contributed by atoms with Gasteiger partial charge in [0.2, 0.25) is 0 Å². The molecular weight excluding hydrogens is 307 g/mol. The van der Waals surface area contributed by atoms with Crippen molar-refractivity contribution in [1.82, 2.24) is 0 Å². The van der Waals surface area contributed by atoms with Gasteiger partial charge in [0.25, 0.3) is 0 Å². The quantitative estimate of drug-likeness (QED) is 0.464. The number of benzene rings is 3. The van der Waals surface area contributed by atoms with Crippen LogP contribution in [0.5, 0.6) is 0 Å². The Morgan fingerprint density at radius 3 is 2.52 bits per heavy atom. The van der Waals surface area contributed by atoms with E-state index in [9.17, 15) is 10.0 Å². The topological polar surface area (TPSA) is 53.6 Å². The molecule has 0 aliphatic heterocycles. The van der Waals surface area contributed by atoms with Gasteiger partial charge in [-0.1, -0.05) is 30.3 Å². The number of rotatable bonds is 1. The van der Waals surface area contributed by atoms with E-state index in [1.807, 2.05) is 36.4 Å². The largest absolute Gasteiger partial charge is 0.488 e. The van der Waals surface area contributed by atoms with E-state index in [2.05, 4.69) is 12.1 Å². The highest BCUT2D eigenvalue weighted by Gasteiger charge is 2.17. The summed E-state index contributed by atoms with van der Waals surface area (Å²) < 4.78 is 8.18. The Hall–Kier alpha value is -2.34. The van der Waals surface area contributed by atoms with E-state index in [0.29, 0.717) is 5.46 Å². The molecule has 2 N–H and O–H groups in total. The molecule has 0 spiro atoms. The first-order chi connectivity index (χ1) is 11.2. The van der Waals surface area contributed by atoms with Gasteiger partial charge in [-0.15, -0.1) is 11.3 Å². The highest BCUT2D eigenvalue weighted by molar-refractivity contribution is 7.26. The molecule has 0 aliphatic carbocycles. The predicted molar refractivity (Wildman–Crippen MR) is 96.4 cm³/mol. The van der Waals surface area contributed by atoms with Gasteiger partial charge in [0.1, 0.15) is 11.2 Å². The normalized spacial score (nSPS) is 11.9. The molecule has 0 bridgehead atoms. The zero-order valence-corrected chi connectivity index (χ0v) is 12.8. The summed E-state index contributed by atoms with van der Waals surface area (Å²) in [7, 11) is -1.45. The first-order valence-electron chi connectivity index (χ1n) is 7.35. The van der Waals surface area contributed by atoms with Gasteiger partial charge in [-0.3, -0.25) is 0 Å². The third kappa shape index (κ3) is 1.78. The van der Waals surface area contributed by atoms with E-state index < -0.39 is 7.12 Å². The van der Waals surface area contributed by atoms with E-state index in [-0.39, 0.29) is 0 Å². The molecule has 0 unspecified atom stereocenters. The van der Waals surface area contributed by atoms with Crippen molar-refractivity contribution < 1.29 is 14.5 Å². The molecule has 5 rings (SSSR count). The molecule has 0 saturated carbocycles. The second-order valence-electron chi connectivity index (χ2n) is 5.64. The van der Waals surface area contributed by atoms with Gasteiger partial charge in [0.15, 0.2) is 0 Å². The van der Waals surface area contributed by atoms with Crippen molar-refractivity contribution >= 4 is 66.0 Å². The van der Waals surface area contributed by atoms with Crippen LogP contribution in [0.3, 0.4) is 0 Å². The molecular formula is C18H11BO3S. The monoisotopic (exact) mass is 318 g/mol. The number of furan rings is 1. The molecule has 2 aromatic heterocycles. The number of thiophene rings is 1. The average Bonchev–Trinajstić information content (AvgIpc) is 3.11. The van der Waals surface area contributed by atoms with Gasteiger partial charge < -0.3 is 14.5 Å². The lowest BCUT2D eigenvalue weighted by Crippen LogP contribution is -2.29. The van der Waals surface area contributed by atoms with Crippen LogP contribution in [-0.2, 0) is 0 Å². The molecule has 0 atom stereocenters. The highest BCUT2D eigenvalue weighted by Crippen LogP contribution is 2.41. The van der Waals surface area contributed by atoms with Crippen LogP contribution in [0, 0.1) is 0 Å². The smallest absolute Gasteiger partial charge is 0.456 e. The third-order valence-corrected chi connectivity index (χ3v) is 5.42. The van der Waals surface area contributed by atoms with Gasteiger partial charge in [0, 0.05) is 30.9 Å². The average molecular weight is 318 g/mol. The molecule has 5 aromatic rings. The molecule has 2 heterocycles. The summed E-state index contributed by atoms with van der Waals surface area (Å²) in [6.45, 7) is 0. The van der Waals surface area contributed by atoms with Crippen LogP contribution in [-0.4, -0.2) is 17.2 Å². The van der Waals surface area contributed by atoms with Crippen molar-refractivity contribution in [2.45, 2.75) is 0 Å². The van der Waals surface area contributed by atoms with E-state index in [4.69, 9.17) is 4.42 Å². The van der Waals surface area contributed by atoms with Gasteiger partial charge in [-0.25, -0.2) is 0 Å². The van der Waals surface area contributed by atoms with E-state index in [0.717, 1.165) is 32.0 Å². The molecule has 0 amide bonds. The first-order valence-corrected chi connectivity index (χ1v) is 8.16. The minimum absolute atomic E-state index is 0.511. The summed E-state index contributed by atoms with van der Waals surface area (Å²) in [6, 6.07) is 17.7. The fourth-order valence-electron chi connectivity index (χ4n) is 3.26. The van der Waals surface area contributed by atoms with E-state index in [1.165, 1.54) is 10.1 Å². The van der Waals surface area contributed by atoms with E-state index >= 15 is 0 Å². The van der Waals surface area contributed by atoms with Crippen LogP contribution in [0.25, 0.3) is 42.1 Å². The Labute approximate surface area is 135 Å². The standard InChI is InChI=1S/C18H11BO3S/c20-19(21)10-5-6-12-16(9-10)23-15-8-7-14-17(18(12)15)11-3-1-2-4-13(11)22-14/h1-9,20-21H. The number of fused-ring (bicyclic) bond motifs is 7. The molecule has 5 heteroatoms. The zero-order valence-electron chi connectivity index (χ0n) is 12.0. The summed E-state index contributed by atoms with van der Waals surface area (Å²) in [5.74, 6) is 0. The Morgan fingerprint density at radius 1 is 0.783 bits per heavy atom. The minimum Gasteiger partial charge on any atom is -0.456 e. The van der Waals surface area contributed by atoms with Crippen molar-refractivity contribution in [2.75, 3.05) is 0 Å². The second-order valence-corrected chi connectivity index (χ2v) is 6.73. The third-order valence-electron chi connectivity index (χ3n) is 4.30. The lowest BCUT2D eigenvalue weighted by Gasteiger charge is -1.99. The Morgan fingerprint density at radius 2 is 1.65 bits per heavy atom. The molecule has 0 saturated heterocycles. The molecule has 3 nitrogen and oxygen atoms in total. The summed E-state index contributed by atoms with van der Waals surface area (Å²) in [5, 5.41) is 23.3. The summed E-state index contributed by atoms with van der Waals surface area (Å²) >= 11 is 1.66. The van der Waals surface area contributed by atoms with Crippen LogP contribution in [0.4, 0.5) is 0 Å². The van der Waals surface area contributed by atoms with Gasteiger partial charge in [0.05, 0.1) is 0 Å². The lowest BCUT2D eigenvalue weighted by molar-refractivity contribution is 0.426. The van der Waals surface area contributed by atoms with Gasteiger partial charge in [-0.2, -0.15) is 0 Å². The van der Waals surface area contributed by atoms with Crippen molar-refractivity contribution in [2.24, 2.45) is 0 Å². The van der Waals surface area contributed by atoms with Gasteiger partial charge >= 0.3 is 7.12 Å². The highest BCUT2D eigenvalue weighted by atomic mass is 32.1. The Balaban J connectivity index is 2.01. The molecule has 0 fully saturated rings. The lowest BCUT2D eigenvalue weighted by atomic mass is 9.80. The van der Waals surface area contributed by atoms with Crippen LogP contribution in [0.1, 0.15) is 0 Å². The molecule has 0 radical (unpaired) electrons. The summed E-state index contributed by atoms with van der Waals surface area (Å²) in [5.41, 5.74) is 2.28. The molecule has 0 aliphatic rings. The SMILES string of the molecule is OB(O)c1ccc2c(c1)sc1ccc3oc4ccccc4c3c12. The van der Waals surface area contributed by atoms with Crippen LogP contribution in [0.2, 0.25) is 0 Å². The maximum atomic E-state index is 9.38.